The van der Waals surface area contributed by atoms with Gasteiger partial charge in [-0.3, -0.25) is 0 Å². The molecular formula is C24H23N3O6. The summed E-state index contributed by atoms with van der Waals surface area (Å²) in [4.78, 5) is 25.8. The summed E-state index contributed by atoms with van der Waals surface area (Å²) in [5.41, 5.74) is 4.75. The molecule has 1 aromatic heterocycles. The number of alkyl carbamates (subject to hydrolysis) is 1. The summed E-state index contributed by atoms with van der Waals surface area (Å²) in [6.07, 6.45) is -1.90. The summed E-state index contributed by atoms with van der Waals surface area (Å²) >= 11 is 0. The first-order valence-electron chi connectivity index (χ1n) is 10.5. The molecule has 2 unspecified atom stereocenters. The van der Waals surface area contributed by atoms with Gasteiger partial charge in [0.25, 0.3) is 0 Å². The number of fused-ring (bicyclic) bond motifs is 3. The maximum Gasteiger partial charge on any atom is 0.407 e. The van der Waals surface area contributed by atoms with Crippen LogP contribution in [0.15, 0.2) is 66.9 Å². The first-order valence-corrected chi connectivity index (χ1v) is 10.5. The maximum atomic E-state index is 12.2. The summed E-state index contributed by atoms with van der Waals surface area (Å²) in [5.74, 6) is -0.400. The van der Waals surface area contributed by atoms with Crippen molar-refractivity contribution in [3.8, 4) is 11.1 Å². The van der Waals surface area contributed by atoms with Crippen LogP contribution >= 0.6 is 0 Å². The van der Waals surface area contributed by atoms with Gasteiger partial charge in [0.2, 0.25) is 0 Å². The molecule has 170 valence electrons. The lowest BCUT2D eigenvalue weighted by molar-refractivity contribution is -0.389. The zero-order valence-electron chi connectivity index (χ0n) is 17.6. The van der Waals surface area contributed by atoms with Gasteiger partial charge in [0.1, 0.15) is 18.9 Å². The predicted molar refractivity (Wildman–Crippen MR) is 120 cm³/mol. The lowest BCUT2D eigenvalue weighted by Gasteiger charge is -2.18. The van der Waals surface area contributed by atoms with E-state index in [4.69, 9.17) is 4.74 Å². The van der Waals surface area contributed by atoms with E-state index in [0.717, 1.165) is 34.5 Å². The van der Waals surface area contributed by atoms with Crippen molar-refractivity contribution in [3.63, 3.8) is 0 Å². The average molecular weight is 449 g/mol. The van der Waals surface area contributed by atoms with Crippen molar-refractivity contribution in [2.75, 3.05) is 13.2 Å². The van der Waals surface area contributed by atoms with E-state index < -0.39 is 23.2 Å². The van der Waals surface area contributed by atoms with Gasteiger partial charge in [-0.15, -0.1) is 0 Å². The largest absolute Gasteiger partial charge is 0.449 e. The van der Waals surface area contributed by atoms with Gasteiger partial charge in [0, 0.05) is 24.1 Å². The Balaban J connectivity index is 1.27. The smallest absolute Gasteiger partial charge is 0.407 e. The van der Waals surface area contributed by atoms with Gasteiger partial charge in [0.05, 0.1) is 6.10 Å². The number of rotatable bonds is 8. The molecule has 1 amide bonds. The molecule has 0 radical (unpaired) electrons. The van der Waals surface area contributed by atoms with Gasteiger partial charge in [0.15, 0.2) is 0 Å². The number of benzene rings is 2. The Morgan fingerprint density at radius 3 is 2.27 bits per heavy atom. The Morgan fingerprint density at radius 2 is 1.70 bits per heavy atom. The highest BCUT2D eigenvalue weighted by atomic mass is 16.6. The zero-order valence-corrected chi connectivity index (χ0v) is 17.6. The molecule has 9 nitrogen and oxygen atoms in total. The number of carbonyl (C=O) groups excluding carboxylic acids is 1. The molecule has 0 aliphatic heterocycles. The molecular weight excluding hydrogens is 426 g/mol. The van der Waals surface area contributed by atoms with Gasteiger partial charge < -0.3 is 30.4 Å². The van der Waals surface area contributed by atoms with Crippen LogP contribution in [-0.4, -0.2) is 45.5 Å². The van der Waals surface area contributed by atoms with Crippen LogP contribution in [0.1, 0.15) is 35.1 Å². The molecule has 0 saturated carbocycles. The van der Waals surface area contributed by atoms with Gasteiger partial charge in [-0.1, -0.05) is 48.5 Å². The van der Waals surface area contributed by atoms with Crippen molar-refractivity contribution < 1.29 is 24.7 Å². The molecule has 4 rings (SSSR count). The van der Waals surface area contributed by atoms with E-state index in [-0.39, 0.29) is 36.9 Å². The minimum absolute atomic E-state index is 0.0507. The minimum atomic E-state index is -1.29. The molecule has 33 heavy (non-hydrogen) atoms. The number of aliphatic hydroxyl groups excluding tert-OH is 2. The summed E-state index contributed by atoms with van der Waals surface area (Å²) in [6.45, 7) is 0.259. The van der Waals surface area contributed by atoms with E-state index in [1.165, 1.54) is 6.07 Å². The van der Waals surface area contributed by atoms with Crippen LogP contribution < -0.4 is 5.32 Å². The van der Waals surface area contributed by atoms with Crippen LogP contribution in [0.25, 0.3) is 11.1 Å². The van der Waals surface area contributed by atoms with Crippen LogP contribution in [0.2, 0.25) is 0 Å². The molecule has 1 heterocycles. The summed E-state index contributed by atoms with van der Waals surface area (Å²) in [6, 6.07) is 18.6. The maximum absolute atomic E-state index is 12.2. The monoisotopic (exact) mass is 449 g/mol. The van der Waals surface area contributed by atoms with Crippen molar-refractivity contribution in [1.82, 2.24) is 10.3 Å². The first kappa shape index (κ1) is 22.4. The molecule has 1 aliphatic rings. The van der Waals surface area contributed by atoms with E-state index in [0.29, 0.717) is 0 Å². The summed E-state index contributed by atoms with van der Waals surface area (Å²) < 4.78 is 5.43. The van der Waals surface area contributed by atoms with Crippen molar-refractivity contribution in [2.24, 2.45) is 0 Å². The number of amides is 1. The number of aliphatic hydroxyl groups is 2. The van der Waals surface area contributed by atoms with Gasteiger partial charge in [-0.25, -0.2) is 4.79 Å². The normalized spacial score (nSPS) is 14.1. The number of hydrogen-bond donors (Lipinski definition) is 3. The Kier molecular flexibility index (Phi) is 6.62. The van der Waals surface area contributed by atoms with E-state index in [9.17, 15) is 25.1 Å². The molecule has 2 atom stereocenters. The molecule has 0 saturated heterocycles. The van der Waals surface area contributed by atoms with Gasteiger partial charge >= 0.3 is 11.9 Å². The number of aromatic nitrogens is 1. The second kappa shape index (κ2) is 9.76. The Bertz CT molecular complexity index is 1110. The SMILES string of the molecule is O=C(NCCC(O)C(O)c1ccc([N+](=O)[O-])nc1)OCC1c2ccccc2-c2ccccc21. The highest BCUT2D eigenvalue weighted by Crippen LogP contribution is 2.44. The number of ether oxygens (including phenoxy) is 1. The van der Waals surface area contributed by atoms with E-state index in [1.54, 1.807) is 0 Å². The average Bonchev–Trinajstić information content (AvgIpc) is 3.16. The highest BCUT2D eigenvalue weighted by Gasteiger charge is 2.29. The third-order valence-corrected chi connectivity index (χ3v) is 5.72. The molecule has 0 spiro atoms. The molecule has 0 fully saturated rings. The Labute approximate surface area is 189 Å². The molecule has 9 heteroatoms. The van der Waals surface area contributed by atoms with E-state index >= 15 is 0 Å². The fourth-order valence-corrected chi connectivity index (χ4v) is 4.03. The molecule has 3 aromatic rings. The fourth-order valence-electron chi connectivity index (χ4n) is 4.03. The lowest BCUT2D eigenvalue weighted by Crippen LogP contribution is -2.30. The topological polar surface area (TPSA) is 135 Å². The van der Waals surface area contributed by atoms with Crippen molar-refractivity contribution in [1.29, 1.82) is 0 Å². The van der Waals surface area contributed by atoms with Gasteiger partial charge in [-0.05, 0) is 44.6 Å². The first-order chi connectivity index (χ1) is 16.0. The van der Waals surface area contributed by atoms with Crippen LogP contribution in [0, 0.1) is 10.1 Å². The second-order valence-electron chi connectivity index (χ2n) is 7.76. The zero-order chi connectivity index (χ0) is 23.4. The summed E-state index contributed by atoms with van der Waals surface area (Å²) in [7, 11) is 0. The Hall–Kier alpha value is -3.82. The number of nitro groups is 1. The van der Waals surface area contributed by atoms with E-state index in [1.807, 2.05) is 36.4 Å². The molecule has 3 N–H and O–H groups in total. The second-order valence-corrected chi connectivity index (χ2v) is 7.76. The quantitative estimate of drug-likeness (QED) is 0.355. The van der Waals surface area contributed by atoms with E-state index in [2.05, 4.69) is 22.4 Å². The number of carbonyl (C=O) groups is 1. The lowest BCUT2D eigenvalue weighted by atomic mass is 9.98. The third kappa shape index (κ3) is 4.84. The van der Waals surface area contributed by atoms with Crippen LogP contribution in [-0.2, 0) is 4.74 Å². The summed E-state index contributed by atoms with van der Waals surface area (Å²) in [5, 5.41) is 33.6. The standard InChI is InChI=1S/C24H23N3O6/c28-21(23(29)15-9-10-22(26-13-15)27(31)32)11-12-25-24(30)33-14-20-18-7-3-1-5-16(18)17-6-2-4-8-19(17)20/h1-10,13,20-21,23,28-29H,11-12,14H2,(H,25,30). The number of nitrogens with one attached hydrogen (secondary N) is 1. The number of hydrogen-bond acceptors (Lipinski definition) is 7. The predicted octanol–water partition coefficient (Wildman–Crippen LogP) is 3.31. The van der Waals surface area contributed by atoms with Crippen molar-refractivity contribution >= 4 is 11.9 Å². The fraction of sp³-hybridized carbons (Fsp3) is 0.250. The van der Waals surface area contributed by atoms with Crippen LogP contribution in [0.5, 0.6) is 0 Å². The highest BCUT2D eigenvalue weighted by molar-refractivity contribution is 5.79. The molecule has 2 aromatic carbocycles. The number of nitrogens with zero attached hydrogens (tertiary/aromatic N) is 2. The van der Waals surface area contributed by atoms with Gasteiger partial charge in [-0.2, -0.15) is 0 Å². The Morgan fingerprint density at radius 1 is 1.06 bits per heavy atom. The third-order valence-electron chi connectivity index (χ3n) is 5.72. The van der Waals surface area contributed by atoms with Crippen molar-refractivity contribution in [2.45, 2.75) is 24.5 Å². The number of pyridine rings is 1. The van der Waals surface area contributed by atoms with Crippen LogP contribution in [0.4, 0.5) is 10.6 Å². The minimum Gasteiger partial charge on any atom is -0.449 e. The van der Waals surface area contributed by atoms with Crippen molar-refractivity contribution in [3.05, 3.63) is 93.7 Å². The molecule has 1 aliphatic carbocycles. The molecule has 0 bridgehead atoms. The van der Waals surface area contributed by atoms with Crippen LogP contribution in [0.3, 0.4) is 0 Å².